The molecule has 5 aliphatic heterocycles. The van der Waals surface area contributed by atoms with Crippen LogP contribution >= 0.6 is 34.3 Å². The van der Waals surface area contributed by atoms with Crippen molar-refractivity contribution < 1.29 is 133 Å². The molecule has 0 radical (unpaired) electrons. The molecule has 702 valence electrons. The maximum absolute atomic E-state index is 13.7. The summed E-state index contributed by atoms with van der Waals surface area (Å²) < 4.78 is 33.5. The summed E-state index contributed by atoms with van der Waals surface area (Å²) >= 11 is 8.48. The van der Waals surface area contributed by atoms with Crippen molar-refractivity contribution in [1.82, 2.24) is 30.7 Å². The molecule has 36 heteroatoms. The minimum Gasteiger partial charge on any atom is -1.00 e. The number of aliphatic hydroxyl groups excluding tert-OH is 2. The molecule has 4 unspecified atom stereocenters. The number of carbonyl (C=O) groups is 14. The molecule has 0 saturated carbocycles. The molecule has 12 rings (SSSR count). The zero-order valence-electron chi connectivity index (χ0n) is 74.3. The van der Waals surface area contributed by atoms with E-state index in [9.17, 15) is 82.4 Å². The number of nitrogens with one attached hydrogen (secondary N) is 3. The maximum Gasteiger partial charge on any atom is 2.00 e. The smallest absolute Gasteiger partial charge is 1.00 e. The number of cyclic esters (lactones) is 2. The second-order valence-corrected chi connectivity index (χ2v) is 32.5. The van der Waals surface area contributed by atoms with Gasteiger partial charge in [0.15, 0.2) is 12.2 Å². The van der Waals surface area contributed by atoms with Crippen LogP contribution in [0, 0.1) is 17.4 Å². The van der Waals surface area contributed by atoms with Crippen molar-refractivity contribution in [3.63, 3.8) is 0 Å². The normalized spacial score (nSPS) is 18.3. The second kappa shape index (κ2) is 62.5. The third-order valence-corrected chi connectivity index (χ3v) is 22.4. The Morgan fingerprint density at radius 3 is 1.20 bits per heavy atom. The van der Waals surface area contributed by atoms with Crippen LogP contribution in [0.1, 0.15) is 194 Å². The number of carbonyl (C=O) groups excluding carboxylic acids is 13. The summed E-state index contributed by atoms with van der Waals surface area (Å²) in [5.74, 6) is -11.0. The second-order valence-electron chi connectivity index (χ2n) is 30.0. The number of unbranched alkanes of at least 4 members (excludes halogenated alkanes) is 2. The molecular formula is C95H115BrClMgN7O24S2. The molecule has 5 saturated heterocycles. The number of esters is 8. The van der Waals surface area contributed by atoms with Crippen molar-refractivity contribution in [2.45, 2.75) is 224 Å². The van der Waals surface area contributed by atoms with Gasteiger partial charge in [0.05, 0.1) is 24.2 Å². The van der Waals surface area contributed by atoms with Gasteiger partial charge in [-0.3, -0.25) is 52.7 Å². The molecule has 0 spiro atoms. The van der Waals surface area contributed by atoms with Crippen LogP contribution in [0.5, 0.6) is 0 Å². The van der Waals surface area contributed by atoms with E-state index in [1.807, 2.05) is 162 Å². The summed E-state index contributed by atoms with van der Waals surface area (Å²) in [4.78, 5) is 173. The molecule has 5 aliphatic rings. The van der Waals surface area contributed by atoms with Crippen LogP contribution in [-0.4, -0.2) is 230 Å². The Balaban J connectivity index is 0.000000339. The summed E-state index contributed by atoms with van der Waals surface area (Å²) in [6.45, 7) is 9.66. The van der Waals surface area contributed by atoms with Crippen molar-refractivity contribution >= 4 is 141 Å². The molecule has 7 heterocycles. The van der Waals surface area contributed by atoms with Gasteiger partial charge in [-0.05, 0) is 148 Å². The van der Waals surface area contributed by atoms with Crippen LogP contribution < -0.4 is 32.9 Å². The van der Waals surface area contributed by atoms with Gasteiger partial charge in [0.2, 0.25) is 36.6 Å². The first-order valence-corrected chi connectivity index (χ1v) is 45.0. The fourth-order valence-electron chi connectivity index (χ4n) is 14.4. The van der Waals surface area contributed by atoms with Gasteiger partial charge in [-0.25, -0.2) is 14.4 Å². The van der Waals surface area contributed by atoms with E-state index in [0.29, 0.717) is 63.8 Å². The number of piperidine rings is 4. The van der Waals surface area contributed by atoms with Crippen LogP contribution in [0.2, 0.25) is 0 Å². The molecule has 0 aliphatic carbocycles. The first-order valence-electron chi connectivity index (χ1n) is 42.7. The van der Waals surface area contributed by atoms with Crippen LogP contribution in [0.3, 0.4) is 0 Å². The zero-order valence-corrected chi connectivity index (χ0v) is 79.7. The van der Waals surface area contributed by atoms with E-state index in [4.69, 9.17) is 35.8 Å². The Morgan fingerprint density at radius 2 is 0.855 bits per heavy atom. The minimum absolute atomic E-state index is 0. The number of aliphatic hydroxyl groups is 2. The first kappa shape index (κ1) is 113. The van der Waals surface area contributed by atoms with Gasteiger partial charge in [0, 0.05) is 102 Å². The van der Waals surface area contributed by atoms with Gasteiger partial charge in [-0.2, -0.15) is 41.7 Å². The number of carboxylic acids is 1. The number of benzene rings is 5. The molecule has 5 aromatic carbocycles. The fraction of sp³-hybridized carbons (Fsp3) is 0.442. The maximum atomic E-state index is 13.7. The number of likely N-dealkylation sites (tertiary alicyclic amines) is 3. The van der Waals surface area contributed by atoms with E-state index >= 15 is 0 Å². The number of rotatable bonds is 28. The number of aliphatic carboxylic acids is 1. The van der Waals surface area contributed by atoms with Gasteiger partial charge in [0.25, 0.3) is 29.5 Å². The van der Waals surface area contributed by atoms with E-state index in [1.165, 1.54) is 36.3 Å². The SMILES string of the molecule is CC(=O)O[C@@H](C(=O)NCCc1cccs1)[C@@H](OC(C)=O)C(=O)N1CCCCC1c1ccccc1.CC(=O)O[C@@H](C(=O)O)[C@@H](OC(C)=O)C(=O)N1CCCCC1c1ccccc1.CC(=O)O[C@H]1C(=O)OC(=O)[C@@H]1OC(C)=O.N#CCCCCCl.O=C(NCCc1cccs1)[C@H](O)[C@@H](O)C(=O)N1CCCCC1c1ccccc1.[Br-].[Mg+2].[c-]1ccccc1.c1ccc(C2CCCCN2)cc1. The Bertz CT molecular complexity index is 4630. The van der Waals surface area contributed by atoms with Crippen molar-refractivity contribution in [1.29, 1.82) is 5.26 Å². The van der Waals surface area contributed by atoms with Crippen LogP contribution in [0.25, 0.3) is 0 Å². The molecule has 6 N–H and O–H groups in total. The minimum atomic E-state index is -1.91. The van der Waals surface area contributed by atoms with E-state index < -0.39 is 132 Å². The third-order valence-electron chi connectivity index (χ3n) is 20.3. The molecule has 12 atom stereocenters. The Labute approximate surface area is 803 Å². The topological polar surface area (TPSA) is 434 Å². The Morgan fingerprint density at radius 1 is 0.481 bits per heavy atom. The first-order chi connectivity index (χ1) is 62.0. The van der Waals surface area contributed by atoms with Gasteiger partial charge < -0.3 is 96.1 Å². The van der Waals surface area contributed by atoms with E-state index in [1.54, 1.807) is 32.5 Å². The van der Waals surface area contributed by atoms with Crippen molar-refractivity contribution in [3.8, 4) is 6.07 Å². The number of halogens is 2. The molecular weight excluding hydrogens is 1830 g/mol. The van der Waals surface area contributed by atoms with Crippen LogP contribution in [-0.2, 0) is 113 Å². The third kappa shape index (κ3) is 40.0. The van der Waals surface area contributed by atoms with Crippen LogP contribution in [0.15, 0.2) is 187 Å². The van der Waals surface area contributed by atoms with Gasteiger partial charge in [-0.1, -0.05) is 140 Å². The summed E-state index contributed by atoms with van der Waals surface area (Å²) in [6, 6.07) is 61.6. The number of nitriles is 1. The molecule has 2 aromatic heterocycles. The number of nitrogens with zero attached hydrogens (tertiary/aromatic N) is 4. The Kier molecular flexibility index (Phi) is 53.7. The number of ether oxygens (including phenoxy) is 7. The van der Waals surface area contributed by atoms with Crippen molar-refractivity contribution in [3.05, 3.63) is 225 Å². The molecule has 5 amide bonds. The monoisotopic (exact) mass is 1940 g/mol. The predicted molar refractivity (Wildman–Crippen MR) is 483 cm³/mol. The predicted octanol–water partition coefficient (Wildman–Crippen LogP) is 8.06. The quantitative estimate of drug-likeness (QED) is 0.00513. The van der Waals surface area contributed by atoms with Crippen molar-refractivity contribution in [2.75, 3.05) is 45.1 Å². The fourth-order valence-corrected chi connectivity index (χ4v) is 16.0. The van der Waals surface area contributed by atoms with Gasteiger partial charge in [-0.15, -0.1) is 34.3 Å². The number of carboxylic acid groups (broad SMARTS) is 1. The standard InChI is InChI=1S/C25H30N2O6S.C21H26N2O4S.C19H23NO7.C11H15N.C8H8O7.C6H5.C5H8ClN.BrH.Mg/c1-17(28)32-22(24(30)26-14-13-20-11-8-16-34-20)23(33-18(2)29)25(31)27-15-7-6-12-21(27)19-9-4-3-5-10-19;24-18(20(26)22-12-11-16-9-6-14-28-16)19(25)21(27)23-13-5-4-10-17(23)15-7-2-1-3-8-15;1-12(21)26-16(17(19(24)25)27-13(2)22)18(23)20-11-7-6-10-15(20)14-8-4-3-5-9-14;1-2-6-10(7-3-1)11-8-4-5-9-12-11;1-3(9)13-5-6(14-4(2)10)8(12)15-7(5)11;1-2-4-6-5-3-1;6-4-2-1-3-5-7;;/h3-5,8-11,16,21-23H,6-7,12-15H2,1-2H3,(H,26,30);1-3,6-9,14,17-19,24-25H,4-5,10-13H2,(H,22,26);3-5,8-9,15-17H,6-7,10-11H2,1-2H3,(H,24,25);1-3,6-7,11-12H,4-5,8-9H2;5-6H,1-2H3;1-5H;1-4H2;1H;/q;;;;;-1;;;+2/p-1/t21?,22-,23-;17?,18-,19-;15?,16-,17-;;5-,6-;;;;/m111.1..../s1. The summed E-state index contributed by atoms with van der Waals surface area (Å²) in [5.41, 5.74) is 4.31. The van der Waals surface area contributed by atoms with E-state index in [-0.39, 0.29) is 64.7 Å². The van der Waals surface area contributed by atoms with Crippen molar-refractivity contribution in [2.24, 2.45) is 0 Å². The number of thiophene rings is 2. The molecule has 131 heavy (non-hydrogen) atoms. The van der Waals surface area contributed by atoms with E-state index in [2.05, 4.69) is 66.6 Å². The molecule has 0 bridgehead atoms. The van der Waals surface area contributed by atoms with Crippen LogP contribution in [0.4, 0.5) is 0 Å². The largest absolute Gasteiger partial charge is 2.00 e. The average Bonchev–Trinajstić information content (AvgIpc) is 1.58. The van der Waals surface area contributed by atoms with E-state index in [0.717, 1.165) is 132 Å². The Hall–Kier alpha value is -10.8. The average molecular weight is 1940 g/mol. The number of hydrogen-bond acceptors (Lipinski definition) is 27. The molecule has 7 aromatic rings. The summed E-state index contributed by atoms with van der Waals surface area (Å²) in [5, 5.41) is 50.7. The zero-order chi connectivity index (χ0) is 94.0. The van der Waals surface area contributed by atoms with Gasteiger partial charge >= 0.3 is 76.8 Å². The van der Waals surface area contributed by atoms with Gasteiger partial charge in [0.1, 0.15) is 0 Å². The molecule has 5 fully saturated rings. The summed E-state index contributed by atoms with van der Waals surface area (Å²) in [7, 11) is 0. The number of alkyl halides is 1. The molecule has 31 nitrogen and oxygen atoms in total. The summed E-state index contributed by atoms with van der Waals surface area (Å²) in [6.07, 6.45) is 1.87. The number of hydrogen-bond donors (Lipinski definition) is 6. The number of amides is 5.